The van der Waals surface area contributed by atoms with E-state index in [2.05, 4.69) is 70.4 Å². The van der Waals surface area contributed by atoms with Gasteiger partial charge in [-0.25, -0.2) is 0 Å². The molecule has 0 fully saturated rings. The van der Waals surface area contributed by atoms with E-state index in [1.807, 2.05) is 6.07 Å². The van der Waals surface area contributed by atoms with Crippen molar-refractivity contribution >= 4 is 11.8 Å². The number of nitrogens with one attached hydrogen (secondary N) is 1. The fourth-order valence-corrected chi connectivity index (χ4v) is 2.05. The molecule has 5 nitrogen and oxygen atoms in total. The van der Waals surface area contributed by atoms with Crippen molar-refractivity contribution in [1.82, 2.24) is 15.2 Å². The maximum atomic E-state index is 4.57. The van der Waals surface area contributed by atoms with Crippen LogP contribution in [0, 0.1) is 0 Å². The van der Waals surface area contributed by atoms with E-state index in [-0.39, 0.29) is 0 Å². The van der Waals surface area contributed by atoms with E-state index in [4.69, 9.17) is 0 Å². The van der Waals surface area contributed by atoms with Crippen LogP contribution in [0.1, 0.15) is 32.8 Å². The van der Waals surface area contributed by atoms with Gasteiger partial charge < -0.3 is 10.2 Å². The molecule has 21 heavy (non-hydrogen) atoms. The van der Waals surface area contributed by atoms with Crippen molar-refractivity contribution in [3.8, 4) is 0 Å². The van der Waals surface area contributed by atoms with Crippen molar-refractivity contribution in [3.05, 3.63) is 42.1 Å². The van der Waals surface area contributed by atoms with Gasteiger partial charge in [-0.05, 0) is 25.8 Å². The Balaban J connectivity index is 2.18. The van der Waals surface area contributed by atoms with Gasteiger partial charge in [0.25, 0.3) is 0 Å². The average Bonchev–Trinajstić information content (AvgIpc) is 2.51. The first-order chi connectivity index (χ1) is 10.2. The van der Waals surface area contributed by atoms with Crippen molar-refractivity contribution in [2.24, 2.45) is 0 Å². The molecule has 112 valence electrons. The summed E-state index contributed by atoms with van der Waals surface area (Å²) in [7, 11) is 0. The summed E-state index contributed by atoms with van der Waals surface area (Å²) in [5.41, 5.74) is 1.26. The number of rotatable bonds is 7. The van der Waals surface area contributed by atoms with Crippen LogP contribution in [0.3, 0.4) is 0 Å². The highest BCUT2D eigenvalue weighted by Gasteiger charge is 2.14. The van der Waals surface area contributed by atoms with Gasteiger partial charge in [0.2, 0.25) is 5.95 Å². The number of hydrogen-bond acceptors (Lipinski definition) is 5. The molecule has 0 saturated heterocycles. The van der Waals surface area contributed by atoms with Crippen LogP contribution in [0.4, 0.5) is 11.8 Å². The molecule has 0 unspecified atom stereocenters. The fraction of sp³-hybridized carbons (Fsp3) is 0.438. The Kier molecular flexibility index (Phi) is 5.49. The zero-order chi connectivity index (χ0) is 15.1. The minimum atomic E-state index is 0.334. The highest BCUT2D eigenvalue weighted by molar-refractivity contribution is 5.42. The molecule has 2 rings (SSSR count). The largest absolute Gasteiger partial charge is 0.353 e. The highest BCUT2D eigenvalue weighted by atomic mass is 15.3. The van der Waals surface area contributed by atoms with Crippen LogP contribution in [0.2, 0.25) is 0 Å². The van der Waals surface area contributed by atoms with Crippen LogP contribution in [-0.2, 0) is 6.54 Å². The van der Waals surface area contributed by atoms with Crippen LogP contribution in [-0.4, -0.2) is 27.8 Å². The van der Waals surface area contributed by atoms with Crippen molar-refractivity contribution in [3.63, 3.8) is 0 Å². The molecule has 5 heteroatoms. The summed E-state index contributed by atoms with van der Waals surface area (Å²) >= 11 is 0. The molecule has 0 spiro atoms. The van der Waals surface area contributed by atoms with Gasteiger partial charge in [-0.3, -0.25) is 0 Å². The lowest BCUT2D eigenvalue weighted by molar-refractivity contribution is 0.667. The predicted octanol–water partition coefficient (Wildman–Crippen LogP) is 3.11. The van der Waals surface area contributed by atoms with Gasteiger partial charge in [-0.2, -0.15) is 10.1 Å². The minimum Gasteiger partial charge on any atom is -0.353 e. The van der Waals surface area contributed by atoms with Gasteiger partial charge in [-0.15, -0.1) is 5.10 Å². The van der Waals surface area contributed by atoms with E-state index < -0.39 is 0 Å². The molecule has 0 radical (unpaired) electrons. The van der Waals surface area contributed by atoms with E-state index in [0.29, 0.717) is 12.0 Å². The average molecular weight is 285 g/mol. The molecule has 0 aliphatic rings. The lowest BCUT2D eigenvalue weighted by atomic mass is 10.2. The Labute approximate surface area is 126 Å². The Hall–Kier alpha value is -2.17. The Bertz CT molecular complexity index is 541. The van der Waals surface area contributed by atoms with Crippen molar-refractivity contribution in [2.45, 2.75) is 39.8 Å². The number of anilines is 2. The molecule has 0 amide bonds. The molecule has 0 aliphatic carbocycles. The molecule has 0 bridgehead atoms. The zero-order valence-electron chi connectivity index (χ0n) is 13.0. The second kappa shape index (κ2) is 7.57. The summed E-state index contributed by atoms with van der Waals surface area (Å²) in [6.07, 6.45) is 2.76. The smallest absolute Gasteiger partial charge is 0.244 e. The Morgan fingerprint density at radius 1 is 1.19 bits per heavy atom. The highest BCUT2D eigenvalue weighted by Crippen LogP contribution is 2.17. The van der Waals surface area contributed by atoms with E-state index in [1.54, 1.807) is 6.20 Å². The Morgan fingerprint density at radius 2 is 1.95 bits per heavy atom. The Morgan fingerprint density at radius 3 is 2.62 bits per heavy atom. The molecule has 0 atom stereocenters. The monoisotopic (exact) mass is 285 g/mol. The van der Waals surface area contributed by atoms with E-state index in [0.717, 1.165) is 25.3 Å². The van der Waals surface area contributed by atoms with Gasteiger partial charge in [0.15, 0.2) is 5.82 Å². The van der Waals surface area contributed by atoms with E-state index >= 15 is 0 Å². The van der Waals surface area contributed by atoms with E-state index in [9.17, 15) is 0 Å². The molecule has 1 aromatic carbocycles. The second-order valence-electron chi connectivity index (χ2n) is 5.27. The third-order valence-electron chi connectivity index (χ3n) is 3.19. The van der Waals surface area contributed by atoms with Crippen molar-refractivity contribution < 1.29 is 0 Å². The molecule has 1 aromatic heterocycles. The summed E-state index contributed by atoms with van der Waals surface area (Å²) in [6.45, 7) is 8.09. The van der Waals surface area contributed by atoms with Crippen molar-refractivity contribution in [2.75, 3.05) is 16.8 Å². The van der Waals surface area contributed by atoms with Gasteiger partial charge in [-0.1, -0.05) is 37.3 Å². The van der Waals surface area contributed by atoms with Crippen LogP contribution in [0.15, 0.2) is 36.5 Å². The third-order valence-corrected chi connectivity index (χ3v) is 3.19. The molecular formula is C16H23N5. The second-order valence-corrected chi connectivity index (χ2v) is 5.27. The normalized spacial score (nSPS) is 10.7. The number of nitrogens with zero attached hydrogens (tertiary/aromatic N) is 4. The number of hydrogen-bond donors (Lipinski definition) is 1. The van der Waals surface area contributed by atoms with E-state index in [1.165, 1.54) is 5.56 Å². The first-order valence-corrected chi connectivity index (χ1v) is 7.45. The number of benzene rings is 1. The first kappa shape index (κ1) is 15.2. The van der Waals surface area contributed by atoms with Crippen LogP contribution in [0.25, 0.3) is 0 Å². The maximum Gasteiger partial charge on any atom is 0.244 e. The first-order valence-electron chi connectivity index (χ1n) is 7.45. The summed E-state index contributed by atoms with van der Waals surface area (Å²) < 4.78 is 0. The van der Waals surface area contributed by atoms with Crippen molar-refractivity contribution in [1.29, 1.82) is 0 Å². The third kappa shape index (κ3) is 4.41. The minimum absolute atomic E-state index is 0.334. The molecule has 1 N–H and O–H groups in total. The van der Waals surface area contributed by atoms with Crippen LogP contribution in [0.5, 0.6) is 0 Å². The van der Waals surface area contributed by atoms with Gasteiger partial charge in [0.1, 0.15) is 0 Å². The molecular weight excluding hydrogens is 262 g/mol. The van der Waals surface area contributed by atoms with Gasteiger partial charge in [0, 0.05) is 19.1 Å². The summed E-state index contributed by atoms with van der Waals surface area (Å²) in [5, 5.41) is 11.3. The SMILES string of the molecule is CCCNc1nncc(N(Cc2ccccc2)C(C)C)n1. The predicted molar refractivity (Wildman–Crippen MR) is 86.4 cm³/mol. The molecule has 1 heterocycles. The fourth-order valence-electron chi connectivity index (χ4n) is 2.05. The van der Waals surface area contributed by atoms with Gasteiger partial charge in [0.05, 0.1) is 6.20 Å². The molecule has 2 aromatic rings. The lowest BCUT2D eigenvalue weighted by Crippen LogP contribution is -2.31. The summed E-state index contributed by atoms with van der Waals surface area (Å²) in [4.78, 5) is 6.79. The quantitative estimate of drug-likeness (QED) is 0.847. The van der Waals surface area contributed by atoms with Gasteiger partial charge >= 0.3 is 0 Å². The van der Waals surface area contributed by atoms with Crippen LogP contribution >= 0.6 is 0 Å². The molecule has 0 aliphatic heterocycles. The number of aromatic nitrogens is 3. The topological polar surface area (TPSA) is 53.9 Å². The zero-order valence-corrected chi connectivity index (χ0v) is 13.0. The summed E-state index contributed by atoms with van der Waals surface area (Å²) in [6, 6.07) is 10.7. The standard InChI is InChI=1S/C16H23N5/c1-4-10-17-16-19-15(11-18-20-16)21(13(2)3)12-14-8-6-5-7-9-14/h5-9,11,13H,4,10,12H2,1-3H3,(H,17,19,20). The molecule has 0 saturated carbocycles. The lowest BCUT2D eigenvalue weighted by Gasteiger charge is -2.27. The summed E-state index contributed by atoms with van der Waals surface area (Å²) in [5.74, 6) is 1.44. The van der Waals surface area contributed by atoms with Crippen LogP contribution < -0.4 is 10.2 Å². The maximum absolute atomic E-state index is 4.57.